The Morgan fingerprint density at radius 2 is 1.94 bits per heavy atom. The van der Waals surface area contributed by atoms with Gasteiger partial charge in [-0.2, -0.15) is 0 Å². The van der Waals surface area contributed by atoms with Crippen molar-refractivity contribution in [2.24, 2.45) is 0 Å². The van der Waals surface area contributed by atoms with Gasteiger partial charge in [0.25, 0.3) is 0 Å². The molecule has 0 bridgehead atoms. The Morgan fingerprint density at radius 3 is 2.61 bits per heavy atom. The van der Waals surface area contributed by atoms with Gasteiger partial charge in [-0.05, 0) is 31.0 Å². The fraction of sp³-hybridized carbons (Fsp3) is 0.600. The largest absolute Gasteiger partial charge is 0.496 e. The van der Waals surface area contributed by atoms with E-state index in [2.05, 4.69) is 27.3 Å². The molecule has 2 nitrogen and oxygen atoms in total. The molecular formula is C15H22BrNO. The molecule has 0 aromatic heterocycles. The number of halogens is 1. The van der Waals surface area contributed by atoms with Crippen molar-refractivity contribution in [1.29, 1.82) is 0 Å². The molecule has 1 aromatic carbocycles. The zero-order valence-corrected chi connectivity index (χ0v) is 12.6. The SMILES string of the molecule is COc1ccc(Br)cc1CNC1CCCCCC1. The van der Waals surface area contributed by atoms with E-state index in [4.69, 9.17) is 4.74 Å². The van der Waals surface area contributed by atoms with Gasteiger partial charge in [-0.15, -0.1) is 0 Å². The molecule has 0 saturated heterocycles. The van der Waals surface area contributed by atoms with Gasteiger partial charge in [0, 0.05) is 22.6 Å². The highest BCUT2D eigenvalue weighted by atomic mass is 79.9. The van der Waals surface area contributed by atoms with Crippen LogP contribution < -0.4 is 10.1 Å². The number of rotatable bonds is 4. The predicted octanol–water partition coefficient (Wildman–Crippen LogP) is 4.27. The zero-order valence-electron chi connectivity index (χ0n) is 11.0. The standard InChI is InChI=1S/C15H22BrNO/c1-18-15-9-8-13(16)10-12(15)11-17-14-6-4-2-3-5-7-14/h8-10,14,17H,2-7,11H2,1H3. The van der Waals surface area contributed by atoms with Gasteiger partial charge in [-0.3, -0.25) is 0 Å². The summed E-state index contributed by atoms with van der Waals surface area (Å²) in [6.07, 6.45) is 8.17. The maximum absolute atomic E-state index is 5.40. The van der Waals surface area contributed by atoms with Crippen molar-refractivity contribution in [3.63, 3.8) is 0 Å². The van der Waals surface area contributed by atoms with Crippen LogP contribution in [0.2, 0.25) is 0 Å². The van der Waals surface area contributed by atoms with Crippen LogP contribution in [0.4, 0.5) is 0 Å². The molecule has 0 radical (unpaired) electrons. The van der Waals surface area contributed by atoms with E-state index >= 15 is 0 Å². The van der Waals surface area contributed by atoms with Crippen LogP contribution in [0.25, 0.3) is 0 Å². The van der Waals surface area contributed by atoms with Crippen LogP contribution in [0.1, 0.15) is 44.1 Å². The summed E-state index contributed by atoms with van der Waals surface area (Å²) in [5, 5.41) is 3.68. The van der Waals surface area contributed by atoms with E-state index in [0.717, 1.165) is 16.8 Å². The topological polar surface area (TPSA) is 21.3 Å². The van der Waals surface area contributed by atoms with Crippen molar-refractivity contribution in [3.05, 3.63) is 28.2 Å². The monoisotopic (exact) mass is 311 g/mol. The first-order valence-electron chi connectivity index (χ1n) is 6.85. The smallest absolute Gasteiger partial charge is 0.123 e. The number of benzene rings is 1. The van der Waals surface area contributed by atoms with Gasteiger partial charge in [0.1, 0.15) is 5.75 Å². The van der Waals surface area contributed by atoms with Crippen LogP contribution in [0, 0.1) is 0 Å². The van der Waals surface area contributed by atoms with Crippen LogP contribution >= 0.6 is 15.9 Å². The molecule has 0 atom stereocenters. The average Bonchev–Trinajstić information content (AvgIpc) is 2.65. The van der Waals surface area contributed by atoms with Crippen LogP contribution in [0.5, 0.6) is 5.75 Å². The van der Waals surface area contributed by atoms with Gasteiger partial charge in [-0.1, -0.05) is 41.6 Å². The van der Waals surface area contributed by atoms with Gasteiger partial charge in [0.15, 0.2) is 0 Å². The van der Waals surface area contributed by atoms with Crippen LogP contribution in [0.3, 0.4) is 0 Å². The molecule has 1 N–H and O–H groups in total. The van der Waals surface area contributed by atoms with Crippen molar-refractivity contribution in [3.8, 4) is 5.75 Å². The second kappa shape index (κ2) is 7.15. The molecule has 0 spiro atoms. The lowest BCUT2D eigenvalue weighted by atomic mass is 10.1. The summed E-state index contributed by atoms with van der Waals surface area (Å²) < 4.78 is 6.52. The second-order valence-corrected chi connectivity index (χ2v) is 5.94. The lowest BCUT2D eigenvalue weighted by Gasteiger charge is -2.17. The lowest BCUT2D eigenvalue weighted by molar-refractivity contribution is 0.401. The molecule has 0 aliphatic heterocycles. The Labute approximate surface area is 118 Å². The average molecular weight is 312 g/mol. The number of ether oxygens (including phenoxy) is 1. The highest BCUT2D eigenvalue weighted by molar-refractivity contribution is 9.10. The Balaban J connectivity index is 1.94. The van der Waals surface area contributed by atoms with Crippen LogP contribution in [0.15, 0.2) is 22.7 Å². The molecule has 1 fully saturated rings. The van der Waals surface area contributed by atoms with Crippen LogP contribution in [-0.2, 0) is 6.54 Å². The first-order valence-corrected chi connectivity index (χ1v) is 7.64. The van der Waals surface area contributed by atoms with E-state index < -0.39 is 0 Å². The predicted molar refractivity (Wildman–Crippen MR) is 79.0 cm³/mol. The molecule has 100 valence electrons. The van der Waals surface area contributed by atoms with Crippen molar-refractivity contribution < 1.29 is 4.74 Å². The minimum Gasteiger partial charge on any atom is -0.496 e. The summed E-state index contributed by atoms with van der Waals surface area (Å²) in [4.78, 5) is 0. The third kappa shape index (κ3) is 3.99. The van der Waals surface area contributed by atoms with Gasteiger partial charge < -0.3 is 10.1 Å². The first kappa shape index (κ1) is 13.9. The van der Waals surface area contributed by atoms with E-state index in [1.165, 1.54) is 44.1 Å². The number of nitrogens with one attached hydrogen (secondary N) is 1. The summed E-state index contributed by atoms with van der Waals surface area (Å²) >= 11 is 3.52. The number of hydrogen-bond donors (Lipinski definition) is 1. The Hall–Kier alpha value is -0.540. The van der Waals surface area contributed by atoms with E-state index in [1.54, 1.807) is 7.11 Å². The summed E-state index contributed by atoms with van der Waals surface area (Å²) in [5.41, 5.74) is 1.23. The summed E-state index contributed by atoms with van der Waals surface area (Å²) in [6.45, 7) is 0.896. The quantitative estimate of drug-likeness (QED) is 0.838. The van der Waals surface area contributed by atoms with Gasteiger partial charge in [0.05, 0.1) is 7.11 Å². The second-order valence-electron chi connectivity index (χ2n) is 5.03. The molecule has 0 amide bonds. The molecule has 0 unspecified atom stereocenters. The van der Waals surface area contributed by atoms with Crippen LogP contribution in [-0.4, -0.2) is 13.2 Å². The minimum absolute atomic E-state index is 0.677. The summed E-state index contributed by atoms with van der Waals surface area (Å²) in [6, 6.07) is 6.86. The highest BCUT2D eigenvalue weighted by Crippen LogP contribution is 2.24. The molecule has 3 heteroatoms. The lowest BCUT2D eigenvalue weighted by Crippen LogP contribution is -2.28. The van der Waals surface area contributed by atoms with E-state index in [0.29, 0.717) is 6.04 Å². The number of methoxy groups -OCH3 is 1. The van der Waals surface area contributed by atoms with Gasteiger partial charge >= 0.3 is 0 Å². The summed E-state index contributed by atoms with van der Waals surface area (Å²) in [5.74, 6) is 0.972. The maximum Gasteiger partial charge on any atom is 0.123 e. The first-order chi connectivity index (χ1) is 8.79. The van der Waals surface area contributed by atoms with Gasteiger partial charge in [0.2, 0.25) is 0 Å². The Kier molecular flexibility index (Phi) is 5.51. The normalized spacial score (nSPS) is 17.4. The number of hydrogen-bond acceptors (Lipinski definition) is 2. The maximum atomic E-state index is 5.40. The third-order valence-electron chi connectivity index (χ3n) is 3.68. The van der Waals surface area contributed by atoms with E-state index in [1.807, 2.05) is 12.1 Å². The molecule has 1 aliphatic rings. The molecule has 2 rings (SSSR count). The van der Waals surface area contributed by atoms with Gasteiger partial charge in [-0.25, -0.2) is 0 Å². The Morgan fingerprint density at radius 1 is 1.22 bits per heavy atom. The molecule has 1 aliphatic carbocycles. The van der Waals surface area contributed by atoms with Crippen molar-refractivity contribution in [2.45, 2.75) is 51.1 Å². The molecule has 18 heavy (non-hydrogen) atoms. The van der Waals surface area contributed by atoms with E-state index in [9.17, 15) is 0 Å². The van der Waals surface area contributed by atoms with Crippen molar-refractivity contribution in [1.82, 2.24) is 5.32 Å². The van der Waals surface area contributed by atoms with E-state index in [-0.39, 0.29) is 0 Å². The molecule has 0 heterocycles. The summed E-state index contributed by atoms with van der Waals surface area (Å²) in [7, 11) is 1.73. The molecule has 1 aromatic rings. The minimum atomic E-state index is 0.677. The molecule has 1 saturated carbocycles. The third-order valence-corrected chi connectivity index (χ3v) is 4.17. The Bertz CT molecular complexity index is 373. The highest BCUT2D eigenvalue weighted by Gasteiger charge is 2.12. The molecular weight excluding hydrogens is 290 g/mol. The van der Waals surface area contributed by atoms with Crippen molar-refractivity contribution >= 4 is 15.9 Å². The van der Waals surface area contributed by atoms with Crippen molar-refractivity contribution in [2.75, 3.05) is 7.11 Å². The zero-order chi connectivity index (χ0) is 12.8. The fourth-order valence-electron chi connectivity index (χ4n) is 2.62. The fourth-order valence-corrected chi connectivity index (χ4v) is 3.03.